The van der Waals surface area contributed by atoms with Crippen LogP contribution >= 0.6 is 11.3 Å². The third kappa shape index (κ3) is 3.71. The molecule has 0 aromatic carbocycles. The molecule has 3 aromatic heterocycles. The van der Waals surface area contributed by atoms with E-state index in [-0.39, 0.29) is 5.91 Å². The zero-order chi connectivity index (χ0) is 15.4. The van der Waals surface area contributed by atoms with Crippen molar-refractivity contribution in [3.8, 4) is 0 Å². The van der Waals surface area contributed by atoms with Crippen molar-refractivity contribution in [2.75, 3.05) is 6.54 Å². The summed E-state index contributed by atoms with van der Waals surface area (Å²) >= 11 is 1.61. The number of carbonyl (C=O) groups excluding carboxylic acids is 1. The van der Waals surface area contributed by atoms with E-state index in [0.717, 1.165) is 34.6 Å². The van der Waals surface area contributed by atoms with Gasteiger partial charge in [-0.25, -0.2) is 9.50 Å². The number of nitrogens with one attached hydrogen (secondary N) is 1. The van der Waals surface area contributed by atoms with Gasteiger partial charge in [0.2, 0.25) is 5.91 Å². The Balaban J connectivity index is 1.44. The lowest BCUT2D eigenvalue weighted by Gasteiger charge is -2.05. The molecule has 0 radical (unpaired) electrons. The van der Waals surface area contributed by atoms with Crippen LogP contribution in [0.25, 0.3) is 5.65 Å². The monoisotopic (exact) mass is 314 g/mol. The van der Waals surface area contributed by atoms with Crippen molar-refractivity contribution in [3.05, 3.63) is 52.1 Å². The van der Waals surface area contributed by atoms with Crippen LogP contribution in [-0.2, 0) is 17.6 Å². The van der Waals surface area contributed by atoms with Crippen LogP contribution in [0.1, 0.15) is 22.6 Å². The van der Waals surface area contributed by atoms with E-state index in [9.17, 15) is 4.79 Å². The van der Waals surface area contributed by atoms with E-state index in [1.54, 1.807) is 15.9 Å². The van der Waals surface area contributed by atoms with Gasteiger partial charge in [0.05, 0.1) is 12.1 Å². The first-order chi connectivity index (χ1) is 10.7. The van der Waals surface area contributed by atoms with Gasteiger partial charge in [0.1, 0.15) is 0 Å². The molecule has 0 unspecified atom stereocenters. The first kappa shape index (κ1) is 14.7. The molecule has 0 saturated carbocycles. The highest BCUT2D eigenvalue weighted by Crippen LogP contribution is 2.09. The fourth-order valence-electron chi connectivity index (χ4n) is 2.32. The molecule has 3 aromatic rings. The molecule has 0 aliphatic heterocycles. The van der Waals surface area contributed by atoms with Gasteiger partial charge in [-0.15, -0.1) is 11.3 Å². The molecular weight excluding hydrogens is 296 g/mol. The van der Waals surface area contributed by atoms with Crippen LogP contribution in [0.4, 0.5) is 0 Å². The summed E-state index contributed by atoms with van der Waals surface area (Å²) in [6.07, 6.45) is 6.12. The number of carbonyl (C=O) groups is 1. The molecule has 6 heteroatoms. The molecular formula is C16H18N4OS. The maximum atomic E-state index is 11.8. The maximum Gasteiger partial charge on any atom is 0.225 e. The number of aryl methyl sites for hydroxylation is 2. The third-order valence-electron chi connectivity index (χ3n) is 3.37. The number of hydrogen-bond donors (Lipinski definition) is 1. The highest BCUT2D eigenvalue weighted by atomic mass is 32.1. The van der Waals surface area contributed by atoms with Crippen LogP contribution in [0.15, 0.2) is 36.0 Å². The van der Waals surface area contributed by atoms with Gasteiger partial charge >= 0.3 is 0 Å². The lowest BCUT2D eigenvalue weighted by molar-refractivity contribution is -0.120. The van der Waals surface area contributed by atoms with E-state index in [1.165, 1.54) is 0 Å². The highest BCUT2D eigenvalue weighted by molar-refractivity contribution is 7.10. The van der Waals surface area contributed by atoms with E-state index < -0.39 is 0 Å². The van der Waals surface area contributed by atoms with Gasteiger partial charge in [0.25, 0.3) is 0 Å². The summed E-state index contributed by atoms with van der Waals surface area (Å²) in [7, 11) is 0. The standard InChI is InChI=1S/C16H18N4OS/c1-12-8-15-18-10-13(11-20(15)19-12)4-2-6-17-16(21)9-14-5-3-7-22-14/h3,5,7-8,10-11H,2,4,6,9H2,1H3,(H,17,21). The minimum atomic E-state index is 0.0822. The van der Waals surface area contributed by atoms with Gasteiger partial charge < -0.3 is 5.32 Å². The molecule has 3 rings (SSSR count). The predicted molar refractivity (Wildman–Crippen MR) is 87.1 cm³/mol. The van der Waals surface area contributed by atoms with Crippen LogP contribution in [-0.4, -0.2) is 27.0 Å². The Morgan fingerprint density at radius 2 is 2.36 bits per heavy atom. The minimum Gasteiger partial charge on any atom is -0.356 e. The van der Waals surface area contributed by atoms with E-state index in [1.807, 2.05) is 42.9 Å². The maximum absolute atomic E-state index is 11.8. The number of rotatable bonds is 6. The number of hydrogen-bond acceptors (Lipinski definition) is 4. The van der Waals surface area contributed by atoms with E-state index >= 15 is 0 Å². The Kier molecular flexibility index (Phi) is 4.48. The number of fused-ring (bicyclic) bond motifs is 1. The normalized spacial score (nSPS) is 11.0. The summed E-state index contributed by atoms with van der Waals surface area (Å²) < 4.78 is 1.81. The zero-order valence-corrected chi connectivity index (χ0v) is 13.3. The van der Waals surface area contributed by atoms with Crippen LogP contribution in [0.2, 0.25) is 0 Å². The van der Waals surface area contributed by atoms with Crippen molar-refractivity contribution in [3.63, 3.8) is 0 Å². The van der Waals surface area contributed by atoms with Crippen molar-refractivity contribution in [2.45, 2.75) is 26.2 Å². The fourth-order valence-corrected chi connectivity index (χ4v) is 3.02. The summed E-state index contributed by atoms with van der Waals surface area (Å²) in [6, 6.07) is 5.90. The summed E-state index contributed by atoms with van der Waals surface area (Å²) in [4.78, 5) is 17.2. The molecule has 1 N–H and O–H groups in total. The first-order valence-electron chi connectivity index (χ1n) is 7.31. The summed E-state index contributed by atoms with van der Waals surface area (Å²) in [5.41, 5.74) is 2.96. The van der Waals surface area contributed by atoms with E-state index in [0.29, 0.717) is 13.0 Å². The fraction of sp³-hybridized carbons (Fsp3) is 0.312. The van der Waals surface area contributed by atoms with Gasteiger partial charge in [0, 0.05) is 29.9 Å². The van der Waals surface area contributed by atoms with Crippen molar-refractivity contribution in [2.24, 2.45) is 0 Å². The van der Waals surface area contributed by atoms with Gasteiger partial charge in [-0.1, -0.05) is 6.07 Å². The SMILES string of the molecule is Cc1cc2ncc(CCCNC(=O)Cc3cccs3)cn2n1. The Bertz CT molecular complexity index is 764. The second-order valence-corrected chi connectivity index (χ2v) is 6.29. The van der Waals surface area contributed by atoms with Crippen LogP contribution in [0.5, 0.6) is 0 Å². The third-order valence-corrected chi connectivity index (χ3v) is 4.24. The molecule has 0 fully saturated rings. The number of thiophene rings is 1. The van der Waals surface area contributed by atoms with Crippen LogP contribution in [0.3, 0.4) is 0 Å². The number of amides is 1. The Morgan fingerprint density at radius 1 is 1.45 bits per heavy atom. The number of aromatic nitrogens is 3. The molecule has 5 nitrogen and oxygen atoms in total. The van der Waals surface area contributed by atoms with Gasteiger partial charge in [-0.3, -0.25) is 4.79 Å². The second-order valence-electron chi connectivity index (χ2n) is 5.26. The quantitative estimate of drug-likeness (QED) is 0.711. The van der Waals surface area contributed by atoms with Crippen LogP contribution in [0, 0.1) is 6.92 Å². The molecule has 3 heterocycles. The van der Waals surface area contributed by atoms with Gasteiger partial charge in [0.15, 0.2) is 5.65 Å². The second kappa shape index (κ2) is 6.70. The smallest absolute Gasteiger partial charge is 0.225 e. The van der Waals surface area contributed by atoms with Crippen molar-refractivity contribution in [1.82, 2.24) is 19.9 Å². The van der Waals surface area contributed by atoms with Crippen molar-refractivity contribution < 1.29 is 4.79 Å². The zero-order valence-electron chi connectivity index (χ0n) is 12.5. The van der Waals surface area contributed by atoms with E-state index in [2.05, 4.69) is 15.4 Å². The molecule has 0 atom stereocenters. The summed E-state index contributed by atoms with van der Waals surface area (Å²) in [6.45, 7) is 2.64. The molecule has 0 aliphatic carbocycles. The highest BCUT2D eigenvalue weighted by Gasteiger charge is 2.04. The molecule has 0 saturated heterocycles. The van der Waals surface area contributed by atoms with Crippen molar-refractivity contribution >= 4 is 22.9 Å². The molecule has 0 aliphatic rings. The topological polar surface area (TPSA) is 59.3 Å². The Hall–Kier alpha value is -2.21. The molecule has 1 amide bonds. The number of nitrogens with zero attached hydrogens (tertiary/aromatic N) is 3. The summed E-state index contributed by atoms with van der Waals surface area (Å²) in [5, 5.41) is 9.30. The lowest BCUT2D eigenvalue weighted by atomic mass is 10.2. The van der Waals surface area contributed by atoms with Crippen LogP contribution < -0.4 is 5.32 Å². The molecule has 0 bridgehead atoms. The largest absolute Gasteiger partial charge is 0.356 e. The minimum absolute atomic E-state index is 0.0822. The molecule has 0 spiro atoms. The Labute approximate surface area is 133 Å². The van der Waals surface area contributed by atoms with E-state index in [4.69, 9.17) is 0 Å². The van der Waals surface area contributed by atoms with Gasteiger partial charge in [-0.05, 0) is 36.8 Å². The molecule has 22 heavy (non-hydrogen) atoms. The Morgan fingerprint density at radius 3 is 3.18 bits per heavy atom. The van der Waals surface area contributed by atoms with Crippen molar-refractivity contribution in [1.29, 1.82) is 0 Å². The average Bonchev–Trinajstić information content (AvgIpc) is 3.11. The van der Waals surface area contributed by atoms with Gasteiger partial charge in [-0.2, -0.15) is 5.10 Å². The lowest BCUT2D eigenvalue weighted by Crippen LogP contribution is -2.26. The predicted octanol–water partition coefficient (Wildman–Crippen LogP) is 2.39. The average molecular weight is 314 g/mol. The first-order valence-corrected chi connectivity index (χ1v) is 8.19. The molecule has 114 valence electrons. The summed E-state index contributed by atoms with van der Waals surface area (Å²) in [5.74, 6) is 0.0822.